The number of nitrogens with one attached hydrogen (secondary N) is 1. The number of anilines is 1. The molecule has 1 heterocycles. The van der Waals surface area contributed by atoms with E-state index < -0.39 is 11.3 Å². The predicted molar refractivity (Wildman–Crippen MR) is 120 cm³/mol. The summed E-state index contributed by atoms with van der Waals surface area (Å²) in [5.41, 5.74) is 2.04. The zero-order valence-electron chi connectivity index (χ0n) is 15.5. The van der Waals surface area contributed by atoms with Crippen LogP contribution in [-0.2, 0) is 6.54 Å². The van der Waals surface area contributed by atoms with Crippen molar-refractivity contribution in [1.29, 1.82) is 0 Å². The van der Waals surface area contributed by atoms with E-state index in [9.17, 15) is 14.0 Å². The smallest absolute Gasteiger partial charge is 0.261 e. The van der Waals surface area contributed by atoms with E-state index in [0.717, 1.165) is 10.0 Å². The molecule has 0 bridgehead atoms. The van der Waals surface area contributed by atoms with Gasteiger partial charge in [0.05, 0.1) is 15.2 Å². The molecule has 4 nitrogen and oxygen atoms in total. The zero-order valence-corrected chi connectivity index (χ0v) is 19.5. The van der Waals surface area contributed by atoms with E-state index in [0.29, 0.717) is 33.1 Å². The Balaban J connectivity index is 2.04. The van der Waals surface area contributed by atoms with Gasteiger partial charge >= 0.3 is 0 Å². The van der Waals surface area contributed by atoms with E-state index in [1.165, 1.54) is 12.1 Å². The molecule has 2 aromatic carbocycles. The number of aromatic nitrogens is 1. The molecule has 0 saturated carbocycles. The molecule has 0 aliphatic carbocycles. The van der Waals surface area contributed by atoms with E-state index in [-0.39, 0.29) is 11.4 Å². The standard InChI is InChI=1S/C21H16Br2ClFN2O2/c1-11-18(21(29)26-17-8-5-14(22)9-16(17)24)20(28)19(23)12(2)27(11)10-13-3-6-15(25)7-4-13/h3-9H,10H2,1-2H3,(H,26,29). The van der Waals surface area contributed by atoms with Crippen molar-refractivity contribution < 1.29 is 9.18 Å². The maximum Gasteiger partial charge on any atom is 0.261 e. The van der Waals surface area contributed by atoms with Crippen molar-refractivity contribution >= 4 is 55.1 Å². The average molecular weight is 543 g/mol. The molecule has 1 amide bonds. The number of hydrogen-bond acceptors (Lipinski definition) is 2. The SMILES string of the molecule is Cc1c(Br)c(=O)c(C(=O)Nc2ccc(Br)cc2Cl)c(C)n1Cc1ccc(F)cc1. The highest BCUT2D eigenvalue weighted by molar-refractivity contribution is 9.10. The summed E-state index contributed by atoms with van der Waals surface area (Å²) in [6, 6.07) is 11.1. The van der Waals surface area contributed by atoms with Gasteiger partial charge in [0.15, 0.2) is 0 Å². The lowest BCUT2D eigenvalue weighted by molar-refractivity contribution is 0.102. The molecule has 0 saturated heterocycles. The quantitative estimate of drug-likeness (QED) is 0.434. The fraction of sp³-hybridized carbons (Fsp3) is 0.143. The van der Waals surface area contributed by atoms with E-state index in [2.05, 4.69) is 37.2 Å². The van der Waals surface area contributed by atoms with Crippen LogP contribution in [0.3, 0.4) is 0 Å². The first-order chi connectivity index (χ1) is 13.7. The van der Waals surface area contributed by atoms with Crippen LogP contribution in [0, 0.1) is 19.7 Å². The number of hydrogen-bond donors (Lipinski definition) is 1. The van der Waals surface area contributed by atoms with Crippen LogP contribution < -0.4 is 10.7 Å². The number of rotatable bonds is 4. The van der Waals surface area contributed by atoms with E-state index >= 15 is 0 Å². The summed E-state index contributed by atoms with van der Waals surface area (Å²) in [6.45, 7) is 3.88. The van der Waals surface area contributed by atoms with E-state index in [1.54, 1.807) is 44.2 Å². The Kier molecular flexibility index (Phi) is 6.61. The Bertz CT molecular complexity index is 1160. The van der Waals surface area contributed by atoms with Crippen molar-refractivity contribution in [2.45, 2.75) is 20.4 Å². The summed E-state index contributed by atoms with van der Waals surface area (Å²) in [5.74, 6) is -0.875. The molecule has 150 valence electrons. The van der Waals surface area contributed by atoms with Gasteiger partial charge in [-0.2, -0.15) is 0 Å². The number of pyridine rings is 1. The summed E-state index contributed by atoms with van der Waals surface area (Å²) in [7, 11) is 0. The number of carbonyl (C=O) groups is 1. The van der Waals surface area contributed by atoms with Gasteiger partial charge in [-0.1, -0.05) is 39.7 Å². The van der Waals surface area contributed by atoms with Crippen molar-refractivity contribution in [1.82, 2.24) is 4.57 Å². The lowest BCUT2D eigenvalue weighted by Gasteiger charge is -2.19. The molecule has 0 radical (unpaired) electrons. The first-order valence-electron chi connectivity index (χ1n) is 8.59. The highest BCUT2D eigenvalue weighted by atomic mass is 79.9. The van der Waals surface area contributed by atoms with Gasteiger partial charge in [-0.15, -0.1) is 0 Å². The molecule has 1 aromatic heterocycles. The summed E-state index contributed by atoms with van der Waals surface area (Å²) in [5, 5.41) is 3.06. The van der Waals surface area contributed by atoms with Crippen molar-refractivity contribution in [3.8, 4) is 0 Å². The van der Waals surface area contributed by atoms with Gasteiger partial charge in [-0.25, -0.2) is 4.39 Å². The number of halogens is 4. The fourth-order valence-electron chi connectivity index (χ4n) is 3.00. The van der Waals surface area contributed by atoms with Gasteiger partial charge in [0, 0.05) is 22.4 Å². The minimum Gasteiger partial charge on any atom is -0.343 e. The molecule has 3 rings (SSSR count). The minimum absolute atomic E-state index is 0.0172. The Hall–Kier alpha value is -1.96. The average Bonchev–Trinajstić information content (AvgIpc) is 2.67. The zero-order chi connectivity index (χ0) is 21.3. The molecular weight excluding hydrogens is 527 g/mol. The second kappa shape index (κ2) is 8.81. The van der Waals surface area contributed by atoms with Crippen molar-refractivity contribution in [2.75, 3.05) is 5.32 Å². The molecule has 0 spiro atoms. The first-order valence-corrected chi connectivity index (χ1v) is 10.6. The van der Waals surface area contributed by atoms with Crippen LogP contribution in [0.1, 0.15) is 27.3 Å². The van der Waals surface area contributed by atoms with Crippen LogP contribution in [-0.4, -0.2) is 10.5 Å². The second-order valence-electron chi connectivity index (χ2n) is 6.48. The van der Waals surface area contributed by atoms with Gasteiger partial charge in [-0.3, -0.25) is 9.59 Å². The Labute approximate surface area is 189 Å². The molecule has 29 heavy (non-hydrogen) atoms. The third kappa shape index (κ3) is 4.63. The largest absolute Gasteiger partial charge is 0.343 e. The van der Waals surface area contributed by atoms with Gasteiger partial charge in [-0.05, 0) is 65.7 Å². The monoisotopic (exact) mass is 540 g/mol. The number of carbonyl (C=O) groups excluding carboxylic acids is 1. The van der Waals surface area contributed by atoms with Gasteiger partial charge < -0.3 is 9.88 Å². The third-order valence-corrected chi connectivity index (χ3v) is 6.32. The maximum absolute atomic E-state index is 13.2. The summed E-state index contributed by atoms with van der Waals surface area (Å²) in [4.78, 5) is 25.8. The van der Waals surface area contributed by atoms with Crippen LogP contribution in [0.5, 0.6) is 0 Å². The van der Waals surface area contributed by atoms with Crippen LogP contribution in [0.4, 0.5) is 10.1 Å². The summed E-state index contributed by atoms with van der Waals surface area (Å²) in [6.07, 6.45) is 0. The normalized spacial score (nSPS) is 10.8. The number of amides is 1. The molecule has 8 heteroatoms. The molecule has 0 atom stereocenters. The van der Waals surface area contributed by atoms with E-state index in [4.69, 9.17) is 11.6 Å². The fourth-order valence-corrected chi connectivity index (χ4v) is 4.13. The van der Waals surface area contributed by atoms with Crippen molar-refractivity contribution in [3.05, 3.63) is 95.0 Å². The van der Waals surface area contributed by atoms with Crippen LogP contribution in [0.25, 0.3) is 0 Å². The first kappa shape index (κ1) is 21.7. The van der Waals surface area contributed by atoms with E-state index in [1.807, 2.05) is 4.57 Å². The lowest BCUT2D eigenvalue weighted by Crippen LogP contribution is -2.28. The second-order valence-corrected chi connectivity index (χ2v) is 8.60. The Morgan fingerprint density at radius 2 is 1.76 bits per heavy atom. The number of nitrogens with zero attached hydrogens (tertiary/aromatic N) is 1. The maximum atomic E-state index is 13.2. The number of benzene rings is 2. The predicted octanol–water partition coefficient (Wildman–Crippen LogP) is 6.08. The van der Waals surface area contributed by atoms with Crippen LogP contribution in [0.2, 0.25) is 5.02 Å². The van der Waals surface area contributed by atoms with Crippen LogP contribution >= 0.6 is 43.5 Å². The Morgan fingerprint density at radius 3 is 2.38 bits per heavy atom. The van der Waals surface area contributed by atoms with Crippen LogP contribution in [0.15, 0.2) is 56.2 Å². The van der Waals surface area contributed by atoms with Crippen molar-refractivity contribution in [3.63, 3.8) is 0 Å². The van der Waals surface area contributed by atoms with Crippen molar-refractivity contribution in [2.24, 2.45) is 0 Å². The third-order valence-electron chi connectivity index (χ3n) is 4.58. The molecule has 0 fully saturated rings. The van der Waals surface area contributed by atoms with Gasteiger partial charge in [0.1, 0.15) is 11.4 Å². The molecule has 3 aromatic rings. The molecule has 1 N–H and O–H groups in total. The summed E-state index contributed by atoms with van der Waals surface area (Å²) >= 11 is 12.8. The molecule has 0 unspecified atom stereocenters. The highest BCUT2D eigenvalue weighted by Gasteiger charge is 2.22. The molecule has 0 aliphatic heterocycles. The van der Waals surface area contributed by atoms with Gasteiger partial charge in [0.2, 0.25) is 5.43 Å². The minimum atomic E-state index is -0.551. The lowest BCUT2D eigenvalue weighted by atomic mass is 10.1. The topological polar surface area (TPSA) is 51.1 Å². The molecule has 0 aliphatic rings. The summed E-state index contributed by atoms with van der Waals surface area (Å²) < 4.78 is 16.1. The Morgan fingerprint density at radius 1 is 1.10 bits per heavy atom. The van der Waals surface area contributed by atoms with Gasteiger partial charge in [0.25, 0.3) is 5.91 Å². The molecular formula is C21H16Br2ClFN2O2. The highest BCUT2D eigenvalue weighted by Crippen LogP contribution is 2.26.